The SMILES string of the molecule is O=C1OCC/C1=C\[C@@H](C[C@H]1CCNC1=O)NC(=O)[C@H](CC(=O)c1ccc[nH]1)Cc1ccc(F)cc1. The minimum Gasteiger partial charge on any atom is -0.462 e. The van der Waals surface area contributed by atoms with Gasteiger partial charge in [-0.25, -0.2) is 9.18 Å². The minimum absolute atomic E-state index is 0.0566. The standard InChI is InChI=1S/C26H28FN3O5/c27-20-5-3-16(4-6-20)12-19(15-23(31)22-2-1-9-28-22)25(33)30-21(13-17-7-10-29-24(17)32)14-18-8-11-35-26(18)34/h1-6,9,14,17,19,21,28H,7-8,10-13,15H2,(H,29,32)(H,30,33)/b18-14+/t17-,19+,21-/m1/s1. The van der Waals surface area contributed by atoms with Crippen molar-refractivity contribution in [2.24, 2.45) is 11.8 Å². The molecule has 184 valence electrons. The van der Waals surface area contributed by atoms with E-state index in [1.165, 1.54) is 12.1 Å². The summed E-state index contributed by atoms with van der Waals surface area (Å²) in [5.41, 5.74) is 1.58. The molecule has 2 aliphatic heterocycles. The number of benzene rings is 1. The Kier molecular flexibility index (Phi) is 7.74. The van der Waals surface area contributed by atoms with E-state index in [2.05, 4.69) is 15.6 Å². The normalized spacial score (nSPS) is 20.4. The van der Waals surface area contributed by atoms with Crippen LogP contribution >= 0.6 is 0 Å². The Morgan fingerprint density at radius 2 is 2.00 bits per heavy atom. The van der Waals surface area contributed by atoms with E-state index >= 15 is 0 Å². The van der Waals surface area contributed by atoms with Crippen LogP contribution in [0.25, 0.3) is 0 Å². The quantitative estimate of drug-likeness (QED) is 0.274. The fourth-order valence-corrected chi connectivity index (χ4v) is 4.49. The van der Waals surface area contributed by atoms with Crippen molar-refractivity contribution in [3.8, 4) is 0 Å². The zero-order valence-corrected chi connectivity index (χ0v) is 19.2. The Bertz CT molecular complexity index is 1110. The molecule has 1 aromatic carbocycles. The molecule has 8 nitrogen and oxygen atoms in total. The van der Waals surface area contributed by atoms with Crippen molar-refractivity contribution >= 4 is 23.6 Å². The highest BCUT2D eigenvalue weighted by atomic mass is 19.1. The van der Waals surface area contributed by atoms with Crippen molar-refractivity contribution < 1.29 is 28.3 Å². The van der Waals surface area contributed by atoms with Gasteiger partial charge in [0.25, 0.3) is 0 Å². The minimum atomic E-state index is -0.731. The number of nitrogens with one attached hydrogen (secondary N) is 3. The average molecular weight is 482 g/mol. The van der Waals surface area contributed by atoms with E-state index in [0.29, 0.717) is 37.1 Å². The van der Waals surface area contributed by atoms with Crippen LogP contribution < -0.4 is 10.6 Å². The average Bonchev–Trinajstić information content (AvgIpc) is 3.59. The molecule has 0 unspecified atom stereocenters. The number of aromatic amines is 1. The van der Waals surface area contributed by atoms with Gasteiger partial charge in [-0.15, -0.1) is 0 Å². The third-order valence-electron chi connectivity index (χ3n) is 6.39. The molecule has 0 aliphatic carbocycles. The molecule has 9 heteroatoms. The monoisotopic (exact) mass is 481 g/mol. The number of amides is 2. The third kappa shape index (κ3) is 6.44. The summed E-state index contributed by atoms with van der Waals surface area (Å²) in [6.07, 6.45) is 4.89. The maximum Gasteiger partial charge on any atom is 0.333 e. The van der Waals surface area contributed by atoms with Gasteiger partial charge in [0.1, 0.15) is 5.82 Å². The van der Waals surface area contributed by atoms with Gasteiger partial charge in [0.05, 0.1) is 12.3 Å². The van der Waals surface area contributed by atoms with Gasteiger partial charge in [-0.2, -0.15) is 0 Å². The Hall–Kier alpha value is -3.75. The van der Waals surface area contributed by atoms with E-state index in [9.17, 15) is 23.6 Å². The molecule has 35 heavy (non-hydrogen) atoms. The first-order valence-electron chi connectivity index (χ1n) is 11.8. The predicted octanol–water partition coefficient (Wildman–Crippen LogP) is 2.47. The van der Waals surface area contributed by atoms with Crippen LogP contribution in [-0.2, 0) is 25.5 Å². The fraction of sp³-hybridized carbons (Fsp3) is 0.385. The molecule has 3 heterocycles. The summed E-state index contributed by atoms with van der Waals surface area (Å²) < 4.78 is 18.4. The first-order valence-corrected chi connectivity index (χ1v) is 11.8. The number of carbonyl (C=O) groups is 4. The number of rotatable bonds is 10. The molecular weight excluding hydrogens is 453 g/mol. The second-order valence-corrected chi connectivity index (χ2v) is 8.94. The largest absolute Gasteiger partial charge is 0.462 e. The summed E-state index contributed by atoms with van der Waals surface area (Å²) in [6.45, 7) is 0.855. The highest BCUT2D eigenvalue weighted by Crippen LogP contribution is 2.22. The number of ether oxygens (including phenoxy) is 1. The molecule has 2 aromatic rings. The van der Waals surface area contributed by atoms with Gasteiger partial charge in [-0.05, 0) is 49.1 Å². The molecule has 0 saturated carbocycles. The van der Waals surface area contributed by atoms with Gasteiger partial charge >= 0.3 is 5.97 Å². The summed E-state index contributed by atoms with van der Waals surface area (Å²) >= 11 is 0. The molecule has 3 atom stereocenters. The smallest absolute Gasteiger partial charge is 0.333 e. The lowest BCUT2D eigenvalue weighted by Gasteiger charge is -2.22. The first-order chi connectivity index (χ1) is 16.9. The topological polar surface area (TPSA) is 117 Å². The number of H-pyrrole nitrogens is 1. The number of hydrogen-bond acceptors (Lipinski definition) is 5. The molecular formula is C26H28FN3O5. The first kappa shape index (κ1) is 24.4. The zero-order chi connectivity index (χ0) is 24.8. The molecule has 0 radical (unpaired) electrons. The van der Waals surface area contributed by atoms with Crippen LogP contribution in [0, 0.1) is 17.7 Å². The predicted molar refractivity (Wildman–Crippen MR) is 125 cm³/mol. The lowest BCUT2D eigenvalue weighted by atomic mass is 9.91. The number of aromatic nitrogens is 1. The van der Waals surface area contributed by atoms with Crippen molar-refractivity contribution in [2.45, 2.75) is 38.1 Å². The molecule has 2 aliphatic rings. The summed E-state index contributed by atoms with van der Waals surface area (Å²) in [7, 11) is 0. The van der Waals surface area contributed by atoms with E-state index < -0.39 is 17.9 Å². The number of esters is 1. The number of carbonyl (C=O) groups excluding carboxylic acids is 4. The number of ketones is 1. The van der Waals surface area contributed by atoms with Crippen LogP contribution in [0.2, 0.25) is 0 Å². The number of halogens is 1. The van der Waals surface area contributed by atoms with Crippen LogP contribution in [0.3, 0.4) is 0 Å². The number of hydrogen-bond donors (Lipinski definition) is 3. The van der Waals surface area contributed by atoms with Crippen molar-refractivity contribution in [2.75, 3.05) is 13.2 Å². The summed E-state index contributed by atoms with van der Waals surface area (Å²) in [4.78, 5) is 53.3. The second-order valence-electron chi connectivity index (χ2n) is 8.94. The van der Waals surface area contributed by atoms with Crippen molar-refractivity contribution in [3.63, 3.8) is 0 Å². The molecule has 2 saturated heterocycles. The second kappa shape index (κ2) is 11.1. The van der Waals surface area contributed by atoms with E-state index in [1.807, 2.05) is 0 Å². The van der Waals surface area contributed by atoms with E-state index in [-0.39, 0.29) is 48.8 Å². The van der Waals surface area contributed by atoms with E-state index in [1.54, 1.807) is 36.5 Å². The van der Waals surface area contributed by atoms with Gasteiger partial charge < -0.3 is 20.4 Å². The Morgan fingerprint density at radius 1 is 1.20 bits per heavy atom. The van der Waals surface area contributed by atoms with Crippen LogP contribution in [0.4, 0.5) is 4.39 Å². The Morgan fingerprint density at radius 3 is 2.63 bits per heavy atom. The molecule has 0 spiro atoms. The van der Waals surface area contributed by atoms with Gasteiger partial charge in [-0.1, -0.05) is 18.2 Å². The lowest BCUT2D eigenvalue weighted by Crippen LogP contribution is -2.41. The molecule has 4 rings (SSSR count). The van der Waals surface area contributed by atoms with Gasteiger partial charge in [0.2, 0.25) is 11.8 Å². The highest BCUT2D eigenvalue weighted by molar-refractivity contribution is 5.97. The maximum absolute atomic E-state index is 13.4. The van der Waals surface area contributed by atoms with E-state index in [4.69, 9.17) is 4.74 Å². The lowest BCUT2D eigenvalue weighted by molar-refractivity contribution is -0.135. The fourth-order valence-electron chi connectivity index (χ4n) is 4.49. The summed E-state index contributed by atoms with van der Waals surface area (Å²) in [6, 6.07) is 8.58. The van der Waals surface area contributed by atoms with E-state index in [0.717, 1.165) is 5.56 Å². The molecule has 2 fully saturated rings. The van der Waals surface area contributed by atoms with Crippen molar-refractivity contribution in [3.05, 3.63) is 71.3 Å². The number of Topliss-reactive ketones (excluding diaryl/α,β-unsaturated/α-hetero) is 1. The number of cyclic esters (lactones) is 1. The zero-order valence-electron chi connectivity index (χ0n) is 19.2. The van der Waals surface area contributed by atoms with Gasteiger partial charge in [0.15, 0.2) is 5.78 Å². The van der Waals surface area contributed by atoms with Crippen LogP contribution in [0.15, 0.2) is 54.2 Å². The van der Waals surface area contributed by atoms with Crippen molar-refractivity contribution in [1.29, 1.82) is 0 Å². The third-order valence-corrected chi connectivity index (χ3v) is 6.39. The highest BCUT2D eigenvalue weighted by Gasteiger charge is 2.31. The van der Waals surface area contributed by atoms with Crippen LogP contribution in [0.1, 0.15) is 41.7 Å². The molecule has 2 amide bonds. The Balaban J connectivity index is 1.54. The molecule has 0 bridgehead atoms. The summed E-state index contributed by atoms with van der Waals surface area (Å²) in [5, 5.41) is 5.74. The van der Waals surface area contributed by atoms with Crippen molar-refractivity contribution in [1.82, 2.24) is 15.6 Å². The van der Waals surface area contributed by atoms with Gasteiger partial charge in [0, 0.05) is 49.0 Å². The van der Waals surface area contributed by atoms with Gasteiger partial charge in [-0.3, -0.25) is 14.4 Å². The Labute approximate surface area is 202 Å². The maximum atomic E-state index is 13.4. The summed E-state index contributed by atoms with van der Waals surface area (Å²) in [5.74, 6) is -2.51. The molecule has 3 N–H and O–H groups in total. The molecule has 1 aromatic heterocycles. The van der Waals surface area contributed by atoms with Crippen LogP contribution in [0.5, 0.6) is 0 Å². The van der Waals surface area contributed by atoms with Crippen LogP contribution in [-0.4, -0.2) is 47.7 Å².